The van der Waals surface area contributed by atoms with Crippen molar-refractivity contribution in [1.82, 2.24) is 10.6 Å². The lowest BCUT2D eigenvalue weighted by atomic mass is 10.0. The third-order valence-electron chi connectivity index (χ3n) is 6.90. The van der Waals surface area contributed by atoms with Crippen molar-refractivity contribution >= 4 is 17.7 Å². The SMILES string of the molecule is NCCCC[C@H](N)C(=O)N[C@@H](Cc1ccccc1)C(=O)NC(=O)Cc1ccc(CCCCc2ccccc2)cc1. The smallest absolute Gasteiger partial charge is 0.249 e. The number of unbranched alkanes of at least 4 members (excludes halogenated alkanes) is 2. The van der Waals surface area contributed by atoms with Crippen molar-refractivity contribution in [2.45, 2.75) is 69.9 Å². The van der Waals surface area contributed by atoms with Crippen LogP contribution in [0.25, 0.3) is 0 Å². The molecule has 3 aromatic carbocycles. The Morgan fingerprint density at radius 3 is 1.80 bits per heavy atom. The quantitative estimate of drug-likeness (QED) is 0.206. The van der Waals surface area contributed by atoms with Crippen LogP contribution >= 0.6 is 0 Å². The third-order valence-corrected chi connectivity index (χ3v) is 6.90. The Labute approximate surface area is 237 Å². The van der Waals surface area contributed by atoms with Crippen LogP contribution in [-0.4, -0.2) is 36.3 Å². The molecule has 0 saturated heterocycles. The Hall–Kier alpha value is -3.81. The van der Waals surface area contributed by atoms with Crippen LogP contribution in [-0.2, 0) is 40.1 Å². The Kier molecular flexibility index (Phi) is 13.1. The van der Waals surface area contributed by atoms with Crippen LogP contribution < -0.4 is 22.1 Å². The van der Waals surface area contributed by atoms with Crippen molar-refractivity contribution in [2.24, 2.45) is 11.5 Å². The molecule has 0 aliphatic rings. The van der Waals surface area contributed by atoms with E-state index in [9.17, 15) is 14.4 Å². The lowest BCUT2D eigenvalue weighted by molar-refractivity contribution is -0.134. The summed E-state index contributed by atoms with van der Waals surface area (Å²) in [5, 5.41) is 5.21. The van der Waals surface area contributed by atoms with E-state index in [4.69, 9.17) is 11.5 Å². The fraction of sp³-hybridized carbons (Fsp3) is 0.364. The normalized spacial score (nSPS) is 12.3. The predicted molar refractivity (Wildman–Crippen MR) is 159 cm³/mol. The van der Waals surface area contributed by atoms with E-state index < -0.39 is 29.8 Å². The summed E-state index contributed by atoms with van der Waals surface area (Å²) in [6.07, 6.45) is 6.57. The molecule has 7 heteroatoms. The van der Waals surface area contributed by atoms with Crippen LogP contribution in [0.1, 0.15) is 54.4 Å². The van der Waals surface area contributed by atoms with E-state index in [2.05, 4.69) is 34.9 Å². The maximum Gasteiger partial charge on any atom is 0.249 e. The molecule has 6 N–H and O–H groups in total. The largest absolute Gasteiger partial charge is 0.343 e. The Morgan fingerprint density at radius 2 is 1.20 bits per heavy atom. The van der Waals surface area contributed by atoms with Crippen LogP contribution in [0.5, 0.6) is 0 Å². The number of amides is 3. The van der Waals surface area contributed by atoms with Crippen LogP contribution in [0.2, 0.25) is 0 Å². The first-order valence-corrected chi connectivity index (χ1v) is 14.2. The molecular formula is C33H42N4O3. The number of hydrogen-bond donors (Lipinski definition) is 4. The van der Waals surface area contributed by atoms with Crippen molar-refractivity contribution in [1.29, 1.82) is 0 Å². The third kappa shape index (κ3) is 11.1. The number of carbonyl (C=O) groups is 3. The summed E-state index contributed by atoms with van der Waals surface area (Å²) in [4.78, 5) is 38.5. The van der Waals surface area contributed by atoms with Gasteiger partial charge in [-0.25, -0.2) is 0 Å². The standard InChI is InChI=1S/C33H42N4O3/c34-22-10-9-17-29(35)32(39)36-30(23-27-15-5-2-6-16-27)33(40)37-31(38)24-28-20-18-26(19-21-28)14-8-7-13-25-11-3-1-4-12-25/h1-6,11-12,15-16,18-21,29-30H,7-10,13-14,17,22-24,34-35H2,(H,36,39)(H,37,38,40)/t29-,30-/m0/s1. The molecule has 40 heavy (non-hydrogen) atoms. The molecular weight excluding hydrogens is 500 g/mol. The van der Waals surface area contributed by atoms with E-state index in [1.807, 2.05) is 60.7 Å². The monoisotopic (exact) mass is 542 g/mol. The van der Waals surface area contributed by atoms with Crippen LogP contribution in [0, 0.1) is 0 Å². The second kappa shape index (κ2) is 17.0. The summed E-state index contributed by atoms with van der Waals surface area (Å²) in [6.45, 7) is 0.535. The summed E-state index contributed by atoms with van der Waals surface area (Å²) < 4.78 is 0. The van der Waals surface area contributed by atoms with Crippen molar-refractivity contribution in [3.63, 3.8) is 0 Å². The molecule has 3 amide bonds. The van der Waals surface area contributed by atoms with Crippen LogP contribution in [0.4, 0.5) is 0 Å². The van der Waals surface area contributed by atoms with E-state index >= 15 is 0 Å². The molecule has 0 aliphatic carbocycles. The zero-order chi connectivity index (χ0) is 28.6. The summed E-state index contributed by atoms with van der Waals surface area (Å²) >= 11 is 0. The van der Waals surface area contributed by atoms with Gasteiger partial charge in [-0.05, 0) is 67.3 Å². The first-order valence-electron chi connectivity index (χ1n) is 14.2. The average Bonchev–Trinajstić information content (AvgIpc) is 2.97. The maximum atomic E-state index is 13.1. The number of rotatable bonds is 16. The highest BCUT2D eigenvalue weighted by Crippen LogP contribution is 2.12. The van der Waals surface area contributed by atoms with Gasteiger partial charge in [0.05, 0.1) is 12.5 Å². The average molecular weight is 543 g/mol. The minimum Gasteiger partial charge on any atom is -0.343 e. The van der Waals surface area contributed by atoms with E-state index in [0.29, 0.717) is 13.0 Å². The summed E-state index contributed by atoms with van der Waals surface area (Å²) in [5.74, 6) is -1.38. The van der Waals surface area contributed by atoms with Gasteiger partial charge in [-0.3, -0.25) is 19.7 Å². The van der Waals surface area contributed by atoms with Gasteiger partial charge in [0.2, 0.25) is 17.7 Å². The number of aryl methyl sites for hydroxylation is 2. The molecule has 0 radical (unpaired) electrons. The Bertz CT molecular complexity index is 1180. The first kappa shape index (κ1) is 30.7. The van der Waals surface area contributed by atoms with Gasteiger partial charge in [0, 0.05) is 6.42 Å². The van der Waals surface area contributed by atoms with E-state index in [1.54, 1.807) is 0 Å². The highest BCUT2D eigenvalue weighted by atomic mass is 16.2. The molecule has 0 aliphatic heterocycles. The van der Waals surface area contributed by atoms with Crippen LogP contribution in [0.15, 0.2) is 84.9 Å². The van der Waals surface area contributed by atoms with Gasteiger partial charge < -0.3 is 16.8 Å². The van der Waals surface area contributed by atoms with Crippen molar-refractivity contribution < 1.29 is 14.4 Å². The molecule has 3 rings (SSSR count). The van der Waals surface area contributed by atoms with E-state index in [1.165, 1.54) is 11.1 Å². The van der Waals surface area contributed by atoms with Crippen LogP contribution in [0.3, 0.4) is 0 Å². The maximum absolute atomic E-state index is 13.1. The lowest BCUT2D eigenvalue weighted by Crippen LogP contribution is -2.53. The number of imide groups is 1. The van der Waals surface area contributed by atoms with Gasteiger partial charge in [0.15, 0.2) is 0 Å². The molecule has 0 spiro atoms. The molecule has 0 aromatic heterocycles. The number of hydrogen-bond acceptors (Lipinski definition) is 5. The highest BCUT2D eigenvalue weighted by molar-refractivity contribution is 6.00. The Balaban J connectivity index is 1.50. The van der Waals surface area contributed by atoms with Crippen molar-refractivity contribution in [3.8, 4) is 0 Å². The molecule has 0 saturated carbocycles. The first-order chi connectivity index (χ1) is 19.4. The van der Waals surface area contributed by atoms with Gasteiger partial charge in [0.25, 0.3) is 0 Å². The topological polar surface area (TPSA) is 127 Å². The van der Waals surface area contributed by atoms with Gasteiger partial charge in [-0.15, -0.1) is 0 Å². The zero-order valence-electron chi connectivity index (χ0n) is 23.2. The number of nitrogens with two attached hydrogens (primary N) is 2. The molecule has 0 heterocycles. The highest BCUT2D eigenvalue weighted by Gasteiger charge is 2.25. The summed E-state index contributed by atoms with van der Waals surface area (Å²) in [6, 6.07) is 26.1. The van der Waals surface area contributed by atoms with E-state index in [0.717, 1.165) is 49.7 Å². The molecule has 0 unspecified atom stereocenters. The second-order valence-corrected chi connectivity index (χ2v) is 10.2. The minimum atomic E-state index is -0.919. The van der Waals surface area contributed by atoms with Gasteiger partial charge in [-0.2, -0.15) is 0 Å². The predicted octanol–water partition coefficient (Wildman–Crippen LogP) is 3.62. The van der Waals surface area contributed by atoms with E-state index in [-0.39, 0.29) is 12.8 Å². The molecule has 3 aromatic rings. The molecule has 2 atom stereocenters. The number of carbonyl (C=O) groups excluding carboxylic acids is 3. The number of nitrogens with one attached hydrogen (secondary N) is 2. The number of benzene rings is 3. The fourth-order valence-electron chi connectivity index (χ4n) is 4.56. The second-order valence-electron chi connectivity index (χ2n) is 10.2. The summed E-state index contributed by atoms with van der Waals surface area (Å²) in [5.41, 5.74) is 15.8. The molecule has 0 bridgehead atoms. The molecule has 212 valence electrons. The van der Waals surface area contributed by atoms with Crippen molar-refractivity contribution in [3.05, 3.63) is 107 Å². The Morgan fingerprint density at radius 1 is 0.650 bits per heavy atom. The van der Waals surface area contributed by atoms with Gasteiger partial charge in [-0.1, -0.05) is 91.3 Å². The van der Waals surface area contributed by atoms with Gasteiger partial charge >= 0.3 is 0 Å². The molecule has 0 fully saturated rings. The van der Waals surface area contributed by atoms with Crippen molar-refractivity contribution in [2.75, 3.05) is 6.54 Å². The van der Waals surface area contributed by atoms with Gasteiger partial charge in [0.1, 0.15) is 6.04 Å². The lowest BCUT2D eigenvalue weighted by Gasteiger charge is -2.20. The minimum absolute atomic E-state index is 0.0740. The fourth-order valence-corrected chi connectivity index (χ4v) is 4.56. The molecule has 7 nitrogen and oxygen atoms in total. The zero-order valence-corrected chi connectivity index (χ0v) is 23.2. The summed E-state index contributed by atoms with van der Waals surface area (Å²) in [7, 11) is 0.